The molecule has 8 nitrogen and oxygen atoms in total. The van der Waals surface area contributed by atoms with Gasteiger partial charge in [-0.05, 0) is 37.1 Å². The van der Waals surface area contributed by atoms with Gasteiger partial charge in [-0.25, -0.2) is 4.98 Å². The largest absolute Gasteiger partial charge is 0.493 e. The fraction of sp³-hybridized carbons (Fsp3) is 0.348. The molecule has 31 heavy (non-hydrogen) atoms. The molecule has 164 valence electrons. The number of fused-ring (bicyclic) bond motifs is 1. The Morgan fingerprint density at radius 3 is 2.55 bits per heavy atom. The van der Waals surface area contributed by atoms with Crippen LogP contribution in [0.3, 0.4) is 0 Å². The number of methoxy groups -OCH3 is 2. The number of H-pyrrole nitrogens is 1. The molecular weight excluding hydrogens is 396 g/mol. The Morgan fingerprint density at radius 2 is 1.87 bits per heavy atom. The number of ether oxygens (including phenoxy) is 2. The van der Waals surface area contributed by atoms with Crippen molar-refractivity contribution in [2.75, 3.05) is 32.6 Å². The minimum Gasteiger partial charge on any atom is -0.493 e. The van der Waals surface area contributed by atoms with Crippen molar-refractivity contribution in [3.05, 3.63) is 58.1 Å². The summed E-state index contributed by atoms with van der Waals surface area (Å²) in [7, 11) is 3.06. The number of aromatic amines is 1. The van der Waals surface area contributed by atoms with Gasteiger partial charge in [-0.3, -0.25) is 9.59 Å². The minimum absolute atomic E-state index is 0.0837. The lowest BCUT2D eigenvalue weighted by molar-refractivity contribution is -0.904. The summed E-state index contributed by atoms with van der Waals surface area (Å²) in [6.07, 6.45) is 0.910. The normalized spacial score (nSPS) is 11.9. The molecule has 0 aliphatic carbocycles. The first kappa shape index (κ1) is 22.3. The summed E-state index contributed by atoms with van der Waals surface area (Å²) in [5, 5.41) is 3.38. The zero-order chi connectivity index (χ0) is 22.4. The molecule has 0 fully saturated rings. The fourth-order valence-electron chi connectivity index (χ4n) is 3.45. The molecule has 0 spiro atoms. The molecule has 0 radical (unpaired) electrons. The van der Waals surface area contributed by atoms with Gasteiger partial charge in [0.1, 0.15) is 6.54 Å². The van der Waals surface area contributed by atoms with E-state index in [0.717, 1.165) is 17.0 Å². The van der Waals surface area contributed by atoms with Crippen molar-refractivity contribution in [2.45, 2.75) is 26.8 Å². The summed E-state index contributed by atoms with van der Waals surface area (Å²) in [5.41, 5.74) is 2.23. The topological polar surface area (TPSA) is 97.8 Å². The van der Waals surface area contributed by atoms with Gasteiger partial charge in [0, 0.05) is 11.8 Å². The number of likely N-dealkylation sites (N-methyl/N-ethyl adjacent to an activating group) is 1. The number of hydrogen-bond donors (Lipinski definition) is 3. The quantitative estimate of drug-likeness (QED) is 0.483. The number of nitrogens with zero attached hydrogens (tertiary/aromatic N) is 1. The number of amides is 1. The first-order valence-electron chi connectivity index (χ1n) is 10.3. The van der Waals surface area contributed by atoms with Crippen LogP contribution in [0.15, 0.2) is 41.2 Å². The van der Waals surface area contributed by atoms with Gasteiger partial charge in [-0.15, -0.1) is 0 Å². The Morgan fingerprint density at radius 1 is 1.13 bits per heavy atom. The third-order valence-corrected chi connectivity index (χ3v) is 5.21. The smallest absolute Gasteiger partial charge is 0.279 e. The van der Waals surface area contributed by atoms with Gasteiger partial charge >= 0.3 is 0 Å². The van der Waals surface area contributed by atoms with Gasteiger partial charge < -0.3 is 24.7 Å². The van der Waals surface area contributed by atoms with E-state index in [4.69, 9.17) is 9.47 Å². The minimum atomic E-state index is -0.253. The number of aryl methyl sites for hydroxylation is 1. The van der Waals surface area contributed by atoms with Crippen molar-refractivity contribution < 1.29 is 19.2 Å². The number of benzene rings is 2. The zero-order valence-electron chi connectivity index (χ0n) is 18.4. The summed E-state index contributed by atoms with van der Waals surface area (Å²) in [6, 6.07) is 11.1. The van der Waals surface area contributed by atoms with E-state index < -0.39 is 0 Å². The van der Waals surface area contributed by atoms with Crippen molar-refractivity contribution in [2.24, 2.45) is 0 Å². The average molecular weight is 426 g/mol. The highest BCUT2D eigenvalue weighted by Crippen LogP contribution is 2.29. The second-order valence-electron chi connectivity index (χ2n) is 7.30. The number of carbonyl (C=O) groups is 1. The Balaban J connectivity index is 1.76. The summed E-state index contributed by atoms with van der Waals surface area (Å²) >= 11 is 0. The van der Waals surface area contributed by atoms with Crippen molar-refractivity contribution >= 4 is 22.5 Å². The molecule has 8 heteroatoms. The highest BCUT2D eigenvalue weighted by atomic mass is 16.5. The van der Waals surface area contributed by atoms with Crippen LogP contribution in [-0.2, 0) is 17.8 Å². The second-order valence-corrected chi connectivity index (χ2v) is 7.30. The van der Waals surface area contributed by atoms with Crippen molar-refractivity contribution in [1.82, 2.24) is 9.97 Å². The molecule has 0 aliphatic heterocycles. The molecule has 3 rings (SSSR count). The van der Waals surface area contributed by atoms with E-state index in [-0.39, 0.29) is 18.0 Å². The van der Waals surface area contributed by atoms with Gasteiger partial charge in [-0.2, -0.15) is 0 Å². The number of quaternary nitrogens is 1. The molecule has 0 saturated heterocycles. The monoisotopic (exact) mass is 425 g/mol. The number of hydrogen-bond acceptors (Lipinski definition) is 5. The Hall–Kier alpha value is -3.39. The number of aromatic nitrogens is 2. The molecule has 3 aromatic rings. The van der Waals surface area contributed by atoms with Crippen LogP contribution in [0.1, 0.15) is 25.2 Å². The summed E-state index contributed by atoms with van der Waals surface area (Å²) in [6.45, 7) is 5.45. The summed E-state index contributed by atoms with van der Waals surface area (Å²) < 4.78 is 10.6. The number of rotatable bonds is 9. The molecule has 2 aromatic carbocycles. The average Bonchev–Trinajstić information content (AvgIpc) is 2.77. The standard InChI is InChI=1S/C23H28N4O4/c1-5-15-8-7-9-16(10-15)24-22(28)14-27(6-2)13-21-25-18-12-20(31-4)19(30-3)11-17(18)23(29)26-21/h7-12H,5-6,13-14H2,1-4H3,(H,24,28)(H,25,26,29)/p+1. The van der Waals surface area contributed by atoms with Crippen LogP contribution in [0.4, 0.5) is 5.69 Å². The Bertz CT molecular complexity index is 1130. The van der Waals surface area contributed by atoms with Crippen LogP contribution in [-0.4, -0.2) is 43.2 Å². The summed E-state index contributed by atoms with van der Waals surface area (Å²) in [5.74, 6) is 1.41. The van der Waals surface area contributed by atoms with Crippen molar-refractivity contribution in [3.63, 3.8) is 0 Å². The van der Waals surface area contributed by atoms with Crippen molar-refractivity contribution in [1.29, 1.82) is 0 Å². The van der Waals surface area contributed by atoms with Crippen LogP contribution in [0.2, 0.25) is 0 Å². The van der Waals surface area contributed by atoms with E-state index in [1.165, 1.54) is 19.8 Å². The fourth-order valence-corrected chi connectivity index (χ4v) is 3.45. The van der Waals surface area contributed by atoms with E-state index >= 15 is 0 Å². The van der Waals surface area contributed by atoms with E-state index in [9.17, 15) is 9.59 Å². The highest BCUT2D eigenvalue weighted by molar-refractivity contribution is 5.91. The lowest BCUT2D eigenvalue weighted by Gasteiger charge is -2.17. The van der Waals surface area contributed by atoms with E-state index in [1.807, 2.05) is 31.2 Å². The number of nitrogens with one attached hydrogen (secondary N) is 3. The molecule has 1 aromatic heterocycles. The lowest BCUT2D eigenvalue weighted by atomic mass is 10.1. The molecular formula is C23H29N4O4+. The maximum atomic E-state index is 12.6. The van der Waals surface area contributed by atoms with Gasteiger partial charge in [0.15, 0.2) is 23.9 Å². The molecule has 0 bridgehead atoms. The predicted molar refractivity (Wildman–Crippen MR) is 120 cm³/mol. The van der Waals surface area contributed by atoms with Gasteiger partial charge in [-0.1, -0.05) is 19.1 Å². The molecule has 1 unspecified atom stereocenters. The first-order valence-corrected chi connectivity index (χ1v) is 10.3. The van der Waals surface area contributed by atoms with E-state index in [1.54, 1.807) is 12.1 Å². The molecule has 1 atom stereocenters. The third-order valence-electron chi connectivity index (χ3n) is 5.21. The highest BCUT2D eigenvalue weighted by Gasteiger charge is 2.17. The van der Waals surface area contributed by atoms with Gasteiger partial charge in [0.05, 0.1) is 31.7 Å². The summed E-state index contributed by atoms with van der Waals surface area (Å²) in [4.78, 5) is 33.5. The molecule has 0 aliphatic rings. The third kappa shape index (κ3) is 5.40. The van der Waals surface area contributed by atoms with Crippen LogP contribution in [0.5, 0.6) is 11.5 Å². The number of carbonyl (C=O) groups excluding carboxylic acids is 1. The zero-order valence-corrected chi connectivity index (χ0v) is 18.4. The molecule has 1 amide bonds. The SMILES string of the molecule is CCc1cccc(NC(=O)C[NH+](CC)Cc2nc3cc(OC)c(OC)cc3c(=O)[nH]2)c1. The van der Waals surface area contributed by atoms with E-state index in [0.29, 0.717) is 41.3 Å². The first-order chi connectivity index (χ1) is 15.0. The second kappa shape index (κ2) is 10.1. The maximum Gasteiger partial charge on any atom is 0.279 e. The van der Waals surface area contributed by atoms with Crippen LogP contribution < -0.4 is 25.2 Å². The predicted octanol–water partition coefficient (Wildman–Crippen LogP) is 1.55. The molecule has 3 N–H and O–H groups in total. The molecule has 0 saturated carbocycles. The Kier molecular flexibility index (Phi) is 7.25. The van der Waals surface area contributed by atoms with Gasteiger partial charge in [0.2, 0.25) is 0 Å². The van der Waals surface area contributed by atoms with Gasteiger partial charge in [0.25, 0.3) is 11.5 Å². The van der Waals surface area contributed by atoms with Crippen LogP contribution in [0.25, 0.3) is 10.9 Å². The van der Waals surface area contributed by atoms with Crippen molar-refractivity contribution in [3.8, 4) is 11.5 Å². The maximum absolute atomic E-state index is 12.6. The van der Waals surface area contributed by atoms with Crippen LogP contribution in [0, 0.1) is 0 Å². The van der Waals surface area contributed by atoms with Crippen LogP contribution >= 0.6 is 0 Å². The molecule has 1 heterocycles. The number of anilines is 1. The van der Waals surface area contributed by atoms with E-state index in [2.05, 4.69) is 22.2 Å². The Labute approximate surface area is 181 Å². The lowest BCUT2D eigenvalue weighted by Crippen LogP contribution is -3.11.